The van der Waals surface area contributed by atoms with Gasteiger partial charge in [-0.25, -0.2) is 9.97 Å². The second-order valence-corrected chi connectivity index (χ2v) is 6.89. The van der Waals surface area contributed by atoms with Crippen molar-refractivity contribution in [3.05, 3.63) is 70.9 Å². The van der Waals surface area contributed by atoms with Gasteiger partial charge in [-0.2, -0.15) is 0 Å². The average Bonchev–Trinajstić information content (AvgIpc) is 2.61. The van der Waals surface area contributed by atoms with Crippen molar-refractivity contribution in [3.8, 4) is 0 Å². The van der Waals surface area contributed by atoms with Crippen LogP contribution in [-0.4, -0.2) is 9.97 Å². The molecule has 4 nitrogen and oxygen atoms in total. The van der Waals surface area contributed by atoms with Gasteiger partial charge < -0.3 is 0 Å². The van der Waals surface area contributed by atoms with Gasteiger partial charge in [-0.05, 0) is 62.4 Å². The van der Waals surface area contributed by atoms with Crippen molar-refractivity contribution in [1.82, 2.24) is 9.97 Å². The van der Waals surface area contributed by atoms with E-state index in [1.807, 2.05) is 13.0 Å². The number of hydrogen-bond donors (Lipinski definition) is 2. The van der Waals surface area contributed by atoms with Crippen LogP contribution in [-0.2, 0) is 0 Å². The fourth-order valence-corrected chi connectivity index (χ4v) is 3.36. The zero-order valence-electron chi connectivity index (χ0n) is 15.5. The molecule has 4 rings (SSSR count). The third-order valence-electron chi connectivity index (χ3n) is 4.71. The third-order valence-corrected chi connectivity index (χ3v) is 4.71. The molecule has 0 amide bonds. The van der Waals surface area contributed by atoms with Crippen LogP contribution >= 0.6 is 0 Å². The van der Waals surface area contributed by atoms with Crippen molar-refractivity contribution >= 4 is 33.3 Å². The molecule has 0 bridgehead atoms. The summed E-state index contributed by atoms with van der Waals surface area (Å²) in [6.45, 7) is 8.34. The fraction of sp³-hybridized carbons (Fsp3) is 0.182. The Bertz CT molecular complexity index is 1130. The Balaban J connectivity index is 1.70. The summed E-state index contributed by atoms with van der Waals surface area (Å²) in [4.78, 5) is 9.22. The second kappa shape index (κ2) is 6.30. The molecule has 4 aromatic rings. The lowest BCUT2D eigenvalue weighted by Gasteiger charge is -2.14. The Morgan fingerprint density at radius 2 is 1.50 bits per heavy atom. The molecular weight excluding hydrogens is 320 g/mol. The maximum absolute atomic E-state index is 4.63. The summed E-state index contributed by atoms with van der Waals surface area (Å²) >= 11 is 0. The number of anilines is 2. The number of hydrazine groups is 1. The summed E-state index contributed by atoms with van der Waals surface area (Å²) in [7, 11) is 0. The highest BCUT2D eigenvalue weighted by Gasteiger charge is 2.07. The van der Waals surface area contributed by atoms with Crippen molar-refractivity contribution in [2.75, 3.05) is 10.9 Å². The van der Waals surface area contributed by atoms with Gasteiger partial charge in [0.25, 0.3) is 0 Å². The van der Waals surface area contributed by atoms with Crippen LogP contribution in [0.2, 0.25) is 0 Å². The highest BCUT2D eigenvalue weighted by Crippen LogP contribution is 2.28. The van der Waals surface area contributed by atoms with Crippen LogP contribution in [0.4, 0.5) is 11.6 Å². The first kappa shape index (κ1) is 16.3. The molecule has 1 heterocycles. The lowest BCUT2D eigenvalue weighted by molar-refractivity contribution is 1.13. The van der Waals surface area contributed by atoms with E-state index in [2.05, 4.69) is 84.1 Å². The summed E-state index contributed by atoms with van der Waals surface area (Å²) in [6, 6.07) is 16.9. The van der Waals surface area contributed by atoms with Gasteiger partial charge in [-0.1, -0.05) is 35.9 Å². The number of aromatic nitrogens is 2. The van der Waals surface area contributed by atoms with Crippen molar-refractivity contribution < 1.29 is 0 Å². The van der Waals surface area contributed by atoms with Gasteiger partial charge in [-0.3, -0.25) is 10.9 Å². The fourth-order valence-electron chi connectivity index (χ4n) is 3.36. The molecule has 0 spiro atoms. The lowest BCUT2D eigenvalue weighted by Crippen LogP contribution is -2.12. The first-order valence-corrected chi connectivity index (χ1v) is 8.78. The summed E-state index contributed by atoms with van der Waals surface area (Å²) in [6.07, 6.45) is 0. The average molecular weight is 342 g/mol. The van der Waals surface area contributed by atoms with E-state index in [4.69, 9.17) is 0 Å². The molecule has 0 aliphatic heterocycles. The maximum atomic E-state index is 4.63. The number of fused-ring (bicyclic) bond motifs is 2. The Morgan fingerprint density at radius 1 is 0.692 bits per heavy atom. The molecule has 0 fully saturated rings. The van der Waals surface area contributed by atoms with Gasteiger partial charge in [0.05, 0.1) is 16.9 Å². The van der Waals surface area contributed by atoms with Crippen molar-refractivity contribution in [1.29, 1.82) is 0 Å². The molecule has 3 aromatic carbocycles. The van der Waals surface area contributed by atoms with Crippen molar-refractivity contribution in [2.45, 2.75) is 27.7 Å². The standard InChI is InChI=1S/C22H22N4/c1-13-8-9-20-19(10-13)16(4)23-22(24-20)26-25-21-12-14(2)11-18-15(3)6-5-7-17(18)21/h5-12,25H,1-4H3,(H,23,24,26). The summed E-state index contributed by atoms with van der Waals surface area (Å²) < 4.78 is 0. The molecular formula is C22H22N4. The van der Waals surface area contributed by atoms with Crippen LogP contribution in [0.25, 0.3) is 21.7 Å². The Labute approximate surface area is 153 Å². The van der Waals surface area contributed by atoms with E-state index < -0.39 is 0 Å². The molecule has 2 N–H and O–H groups in total. The molecule has 0 unspecified atom stereocenters. The first-order chi connectivity index (χ1) is 12.5. The molecule has 0 atom stereocenters. The van der Waals surface area contributed by atoms with Gasteiger partial charge in [-0.15, -0.1) is 0 Å². The van der Waals surface area contributed by atoms with Gasteiger partial charge in [0.15, 0.2) is 0 Å². The number of nitrogens with zero attached hydrogens (tertiary/aromatic N) is 2. The number of hydrogen-bond acceptors (Lipinski definition) is 4. The minimum absolute atomic E-state index is 0.571. The maximum Gasteiger partial charge on any atom is 0.242 e. The number of aryl methyl sites for hydroxylation is 4. The van der Waals surface area contributed by atoms with Gasteiger partial charge in [0, 0.05) is 10.8 Å². The van der Waals surface area contributed by atoms with E-state index in [0.29, 0.717) is 5.95 Å². The smallest absolute Gasteiger partial charge is 0.242 e. The number of nitrogens with one attached hydrogen (secondary N) is 2. The molecule has 1 aromatic heterocycles. The molecule has 0 aliphatic carbocycles. The molecule has 0 saturated heterocycles. The monoisotopic (exact) mass is 342 g/mol. The molecule has 4 heteroatoms. The SMILES string of the molecule is Cc1ccc2nc(NNc3cc(C)cc4c(C)cccc34)nc(C)c2c1. The van der Waals surface area contributed by atoms with Crippen LogP contribution in [0.5, 0.6) is 0 Å². The van der Waals surface area contributed by atoms with E-state index in [1.54, 1.807) is 0 Å². The molecule has 0 aliphatic rings. The van der Waals surface area contributed by atoms with E-state index in [0.717, 1.165) is 22.3 Å². The second-order valence-electron chi connectivity index (χ2n) is 6.89. The Hall–Kier alpha value is -3.14. The predicted molar refractivity (Wildman–Crippen MR) is 110 cm³/mol. The Morgan fingerprint density at radius 3 is 2.35 bits per heavy atom. The minimum atomic E-state index is 0.571. The summed E-state index contributed by atoms with van der Waals surface area (Å²) in [5.41, 5.74) is 13.1. The van der Waals surface area contributed by atoms with Crippen LogP contribution in [0.15, 0.2) is 48.5 Å². The van der Waals surface area contributed by atoms with Crippen molar-refractivity contribution in [2.24, 2.45) is 0 Å². The van der Waals surface area contributed by atoms with Gasteiger partial charge >= 0.3 is 0 Å². The highest BCUT2D eigenvalue weighted by atomic mass is 15.4. The van der Waals surface area contributed by atoms with E-state index >= 15 is 0 Å². The number of benzene rings is 3. The van der Waals surface area contributed by atoms with Gasteiger partial charge in [0.1, 0.15) is 0 Å². The number of rotatable bonds is 3. The van der Waals surface area contributed by atoms with Crippen LogP contribution < -0.4 is 10.9 Å². The zero-order chi connectivity index (χ0) is 18.3. The van der Waals surface area contributed by atoms with Crippen LogP contribution in [0.3, 0.4) is 0 Å². The van der Waals surface area contributed by atoms with Crippen molar-refractivity contribution in [3.63, 3.8) is 0 Å². The molecule has 0 radical (unpaired) electrons. The largest absolute Gasteiger partial charge is 0.298 e. The zero-order valence-corrected chi connectivity index (χ0v) is 15.5. The molecule has 0 saturated carbocycles. The van der Waals surface area contributed by atoms with Crippen LogP contribution in [0.1, 0.15) is 22.4 Å². The quantitative estimate of drug-likeness (QED) is 0.486. The highest BCUT2D eigenvalue weighted by molar-refractivity contribution is 5.96. The van der Waals surface area contributed by atoms with Crippen LogP contribution in [0, 0.1) is 27.7 Å². The minimum Gasteiger partial charge on any atom is -0.298 e. The third kappa shape index (κ3) is 2.94. The first-order valence-electron chi connectivity index (χ1n) is 8.78. The summed E-state index contributed by atoms with van der Waals surface area (Å²) in [5, 5.41) is 3.52. The predicted octanol–water partition coefficient (Wildman–Crippen LogP) is 5.46. The lowest BCUT2D eigenvalue weighted by atomic mass is 10.0. The molecule has 130 valence electrons. The Kier molecular flexibility index (Phi) is 3.96. The summed E-state index contributed by atoms with van der Waals surface area (Å²) in [5.74, 6) is 0.571. The normalized spacial score (nSPS) is 11.1. The molecule has 26 heavy (non-hydrogen) atoms. The van der Waals surface area contributed by atoms with E-state index in [1.165, 1.54) is 27.5 Å². The van der Waals surface area contributed by atoms with Gasteiger partial charge in [0.2, 0.25) is 5.95 Å². The van der Waals surface area contributed by atoms with E-state index in [-0.39, 0.29) is 0 Å². The topological polar surface area (TPSA) is 49.8 Å². The van der Waals surface area contributed by atoms with E-state index in [9.17, 15) is 0 Å².